The van der Waals surface area contributed by atoms with Crippen molar-refractivity contribution in [3.63, 3.8) is 0 Å². The number of esters is 1. The SMILES string of the molecule is COC(=O)C1CC(O)CN1C(=O)c1cc(O)ccc1Cl. The Morgan fingerprint density at radius 2 is 2.15 bits per heavy atom. The molecule has 20 heavy (non-hydrogen) atoms. The summed E-state index contributed by atoms with van der Waals surface area (Å²) < 4.78 is 4.63. The predicted molar refractivity (Wildman–Crippen MR) is 70.6 cm³/mol. The highest BCUT2D eigenvalue weighted by Gasteiger charge is 2.40. The third-order valence-corrected chi connectivity index (χ3v) is 3.52. The number of aliphatic hydroxyl groups is 1. The number of phenolic OH excluding ortho intramolecular Hbond substituents is 1. The predicted octanol–water partition coefficient (Wildman–Crippen LogP) is 0.794. The van der Waals surface area contributed by atoms with Crippen LogP contribution in [-0.2, 0) is 9.53 Å². The van der Waals surface area contributed by atoms with Crippen LogP contribution >= 0.6 is 11.6 Å². The van der Waals surface area contributed by atoms with E-state index in [1.807, 2.05) is 0 Å². The summed E-state index contributed by atoms with van der Waals surface area (Å²) in [6, 6.07) is 3.13. The van der Waals surface area contributed by atoms with Crippen molar-refractivity contribution in [3.05, 3.63) is 28.8 Å². The molecule has 1 saturated heterocycles. The van der Waals surface area contributed by atoms with E-state index in [1.165, 1.54) is 30.2 Å². The van der Waals surface area contributed by atoms with Crippen LogP contribution in [-0.4, -0.2) is 52.8 Å². The zero-order chi connectivity index (χ0) is 14.9. The molecule has 6 nitrogen and oxygen atoms in total. The Labute approximate surface area is 120 Å². The van der Waals surface area contributed by atoms with E-state index in [0.717, 1.165) is 0 Å². The van der Waals surface area contributed by atoms with E-state index in [1.54, 1.807) is 0 Å². The first kappa shape index (κ1) is 14.6. The van der Waals surface area contributed by atoms with Crippen molar-refractivity contribution in [1.29, 1.82) is 0 Å². The first-order valence-corrected chi connectivity index (χ1v) is 6.37. The molecule has 0 radical (unpaired) electrons. The van der Waals surface area contributed by atoms with Crippen molar-refractivity contribution in [2.75, 3.05) is 13.7 Å². The molecule has 108 valence electrons. The molecule has 2 atom stereocenters. The minimum Gasteiger partial charge on any atom is -0.508 e. The monoisotopic (exact) mass is 299 g/mol. The van der Waals surface area contributed by atoms with Gasteiger partial charge in [0.1, 0.15) is 11.8 Å². The molecule has 1 aliphatic heterocycles. The third-order valence-electron chi connectivity index (χ3n) is 3.19. The van der Waals surface area contributed by atoms with Crippen molar-refractivity contribution < 1.29 is 24.5 Å². The van der Waals surface area contributed by atoms with Crippen molar-refractivity contribution in [3.8, 4) is 5.75 Å². The van der Waals surface area contributed by atoms with E-state index in [9.17, 15) is 19.8 Å². The molecule has 1 aliphatic rings. The zero-order valence-corrected chi connectivity index (χ0v) is 11.5. The molecular formula is C13H14ClNO5. The van der Waals surface area contributed by atoms with Gasteiger partial charge in [-0.15, -0.1) is 0 Å². The minimum absolute atomic E-state index is 0.0184. The van der Waals surface area contributed by atoms with Gasteiger partial charge in [-0.25, -0.2) is 4.79 Å². The number of methoxy groups -OCH3 is 1. The molecule has 0 spiro atoms. The van der Waals surface area contributed by atoms with E-state index in [0.29, 0.717) is 0 Å². The number of hydrogen-bond donors (Lipinski definition) is 2. The number of halogens is 1. The molecule has 1 aromatic rings. The number of carbonyl (C=O) groups is 2. The van der Waals surface area contributed by atoms with Gasteiger partial charge in [0.05, 0.1) is 23.8 Å². The van der Waals surface area contributed by atoms with Crippen molar-refractivity contribution in [1.82, 2.24) is 4.90 Å². The number of benzene rings is 1. The number of aliphatic hydroxyl groups excluding tert-OH is 1. The number of amides is 1. The summed E-state index contributed by atoms with van der Waals surface area (Å²) >= 11 is 5.93. The van der Waals surface area contributed by atoms with Crippen LogP contribution in [0, 0.1) is 0 Å². The Bertz CT molecular complexity index is 548. The topological polar surface area (TPSA) is 87.1 Å². The number of ether oxygens (including phenoxy) is 1. The number of carbonyl (C=O) groups excluding carboxylic acids is 2. The van der Waals surface area contributed by atoms with Gasteiger partial charge in [-0.05, 0) is 18.2 Å². The van der Waals surface area contributed by atoms with Gasteiger partial charge >= 0.3 is 5.97 Å². The van der Waals surface area contributed by atoms with Crippen molar-refractivity contribution >= 4 is 23.5 Å². The van der Waals surface area contributed by atoms with Crippen LogP contribution in [0.5, 0.6) is 5.75 Å². The Morgan fingerprint density at radius 3 is 2.80 bits per heavy atom. The molecule has 0 aromatic heterocycles. The second kappa shape index (κ2) is 5.68. The van der Waals surface area contributed by atoms with E-state index in [2.05, 4.69) is 4.74 Å². The highest BCUT2D eigenvalue weighted by Crippen LogP contribution is 2.27. The lowest BCUT2D eigenvalue weighted by molar-refractivity contribution is -0.145. The Balaban J connectivity index is 2.31. The normalized spacial score (nSPS) is 21.9. The number of hydrogen-bond acceptors (Lipinski definition) is 5. The Kier molecular flexibility index (Phi) is 4.15. The minimum atomic E-state index is -0.846. The van der Waals surface area contributed by atoms with Crippen molar-refractivity contribution in [2.45, 2.75) is 18.6 Å². The summed E-state index contributed by atoms with van der Waals surface area (Å²) in [5.74, 6) is -1.23. The number of aromatic hydroxyl groups is 1. The first-order valence-electron chi connectivity index (χ1n) is 5.99. The van der Waals surface area contributed by atoms with E-state index in [-0.39, 0.29) is 29.3 Å². The molecular weight excluding hydrogens is 286 g/mol. The average Bonchev–Trinajstić information content (AvgIpc) is 2.82. The van der Waals surface area contributed by atoms with Crippen LogP contribution in [0.25, 0.3) is 0 Å². The summed E-state index contributed by atoms with van der Waals surface area (Å²) in [6.45, 7) is 0.0184. The molecule has 1 amide bonds. The first-order chi connectivity index (χ1) is 9.43. The maximum Gasteiger partial charge on any atom is 0.328 e. The van der Waals surface area contributed by atoms with Gasteiger partial charge in [-0.3, -0.25) is 4.79 Å². The van der Waals surface area contributed by atoms with Crippen LogP contribution in [0.1, 0.15) is 16.8 Å². The summed E-state index contributed by atoms with van der Waals surface area (Å²) in [5.41, 5.74) is 0.0784. The van der Waals surface area contributed by atoms with E-state index < -0.39 is 24.0 Å². The van der Waals surface area contributed by atoms with Gasteiger partial charge in [-0.2, -0.15) is 0 Å². The van der Waals surface area contributed by atoms with E-state index >= 15 is 0 Å². The highest BCUT2D eigenvalue weighted by atomic mass is 35.5. The number of likely N-dealkylation sites (tertiary alicyclic amines) is 1. The molecule has 7 heteroatoms. The molecule has 1 heterocycles. The maximum atomic E-state index is 12.4. The summed E-state index contributed by atoms with van der Waals surface area (Å²) in [7, 11) is 1.22. The smallest absolute Gasteiger partial charge is 0.328 e. The van der Waals surface area contributed by atoms with Crippen LogP contribution in [0.2, 0.25) is 5.02 Å². The Hall–Kier alpha value is -1.79. The second-order valence-electron chi connectivity index (χ2n) is 4.55. The molecule has 0 bridgehead atoms. The second-order valence-corrected chi connectivity index (χ2v) is 4.96. The number of rotatable bonds is 2. The summed E-state index contributed by atoms with van der Waals surface area (Å²) in [4.78, 5) is 25.3. The van der Waals surface area contributed by atoms with E-state index in [4.69, 9.17) is 11.6 Å². The summed E-state index contributed by atoms with van der Waals surface area (Å²) in [5, 5.41) is 19.2. The molecule has 1 aromatic carbocycles. The molecule has 1 fully saturated rings. The highest BCUT2D eigenvalue weighted by molar-refractivity contribution is 6.34. The lowest BCUT2D eigenvalue weighted by Crippen LogP contribution is -2.41. The Morgan fingerprint density at radius 1 is 1.45 bits per heavy atom. The standard InChI is InChI=1S/C13H14ClNO5/c1-20-13(19)11-5-8(17)6-15(11)12(18)9-4-7(16)2-3-10(9)14/h2-4,8,11,16-17H,5-6H2,1H3. The average molecular weight is 300 g/mol. The fourth-order valence-corrected chi connectivity index (χ4v) is 2.43. The lowest BCUT2D eigenvalue weighted by atomic mass is 10.1. The van der Waals surface area contributed by atoms with Crippen molar-refractivity contribution in [2.24, 2.45) is 0 Å². The van der Waals surface area contributed by atoms with Crippen LogP contribution in [0.4, 0.5) is 0 Å². The van der Waals surface area contributed by atoms with Gasteiger partial charge < -0.3 is 19.8 Å². The van der Waals surface area contributed by atoms with Gasteiger partial charge in [0.15, 0.2) is 0 Å². The van der Waals surface area contributed by atoms with Gasteiger partial charge in [0, 0.05) is 13.0 Å². The van der Waals surface area contributed by atoms with Gasteiger partial charge in [0.25, 0.3) is 5.91 Å². The number of nitrogens with zero attached hydrogens (tertiary/aromatic N) is 1. The third kappa shape index (κ3) is 2.71. The van der Waals surface area contributed by atoms with Crippen LogP contribution in [0.3, 0.4) is 0 Å². The van der Waals surface area contributed by atoms with Gasteiger partial charge in [0.2, 0.25) is 0 Å². The molecule has 2 unspecified atom stereocenters. The number of β-amino-alcohol motifs (C(OH)–C–C–N with tert-alkyl or cyclic N) is 1. The fraction of sp³-hybridized carbons (Fsp3) is 0.385. The lowest BCUT2D eigenvalue weighted by Gasteiger charge is -2.22. The van der Waals surface area contributed by atoms with Crippen LogP contribution < -0.4 is 0 Å². The van der Waals surface area contributed by atoms with Crippen LogP contribution in [0.15, 0.2) is 18.2 Å². The largest absolute Gasteiger partial charge is 0.508 e. The number of phenols is 1. The molecule has 0 aliphatic carbocycles. The zero-order valence-electron chi connectivity index (χ0n) is 10.7. The molecule has 2 N–H and O–H groups in total. The quantitative estimate of drug-likeness (QED) is 0.789. The fourth-order valence-electron chi connectivity index (χ4n) is 2.23. The maximum absolute atomic E-state index is 12.4. The van der Waals surface area contributed by atoms with Gasteiger partial charge in [-0.1, -0.05) is 11.6 Å². The summed E-state index contributed by atoms with van der Waals surface area (Å²) in [6.07, 6.45) is -0.673. The molecule has 0 saturated carbocycles. The molecule has 2 rings (SSSR count).